The molecule has 0 bridgehead atoms. The van der Waals surface area contributed by atoms with Gasteiger partial charge in [-0.3, -0.25) is 14.8 Å². The van der Waals surface area contributed by atoms with Gasteiger partial charge in [-0.1, -0.05) is 30.3 Å². The van der Waals surface area contributed by atoms with E-state index in [-0.39, 0.29) is 24.5 Å². The Morgan fingerprint density at radius 2 is 1.86 bits per heavy atom. The van der Waals surface area contributed by atoms with Crippen LogP contribution in [0.1, 0.15) is 40.3 Å². The number of para-hydroxylation sites is 1. The van der Waals surface area contributed by atoms with Crippen LogP contribution in [0, 0.1) is 13.8 Å². The van der Waals surface area contributed by atoms with Crippen molar-refractivity contribution in [2.75, 3.05) is 11.9 Å². The van der Waals surface area contributed by atoms with Crippen molar-refractivity contribution < 1.29 is 4.79 Å². The third kappa shape index (κ3) is 4.85. The predicted molar refractivity (Wildman–Crippen MR) is 144 cm³/mol. The van der Waals surface area contributed by atoms with E-state index in [0.29, 0.717) is 5.11 Å². The molecule has 1 aliphatic heterocycles. The fraction of sp³-hybridized carbons (Fsp3) is 0.214. The number of carbonyl (C=O) groups excluding carboxylic acids is 1. The number of aryl methyl sites for hydroxylation is 1. The molecule has 4 aromatic rings. The molecule has 2 atom stereocenters. The Hall–Kier alpha value is -4.04. The molecule has 8 heteroatoms. The molecule has 0 radical (unpaired) electrons. The van der Waals surface area contributed by atoms with Gasteiger partial charge in [0, 0.05) is 42.2 Å². The van der Waals surface area contributed by atoms with Gasteiger partial charge in [0.25, 0.3) is 0 Å². The van der Waals surface area contributed by atoms with Crippen molar-refractivity contribution in [3.63, 3.8) is 0 Å². The molecule has 2 N–H and O–H groups in total. The summed E-state index contributed by atoms with van der Waals surface area (Å²) in [5.41, 5.74) is 6.15. The van der Waals surface area contributed by atoms with Crippen molar-refractivity contribution >= 4 is 28.9 Å². The number of nitrogens with one attached hydrogen (secondary N) is 2. The lowest BCUT2D eigenvalue weighted by Crippen LogP contribution is -2.37. The molecule has 1 saturated heterocycles. The highest BCUT2D eigenvalue weighted by atomic mass is 32.1. The van der Waals surface area contributed by atoms with Gasteiger partial charge < -0.3 is 20.1 Å². The molecule has 0 saturated carbocycles. The third-order valence-electron chi connectivity index (χ3n) is 6.56. The number of nitrogens with zero attached hydrogens (tertiary/aromatic N) is 4. The fourth-order valence-corrected chi connectivity index (χ4v) is 5.14. The number of anilines is 1. The van der Waals surface area contributed by atoms with Gasteiger partial charge in [-0.15, -0.1) is 0 Å². The fourth-order valence-electron chi connectivity index (χ4n) is 4.84. The van der Waals surface area contributed by atoms with Crippen LogP contribution in [-0.2, 0) is 11.3 Å². The van der Waals surface area contributed by atoms with Gasteiger partial charge in [-0.05, 0) is 73.6 Å². The second-order valence-corrected chi connectivity index (χ2v) is 9.33. The number of benzene rings is 1. The van der Waals surface area contributed by atoms with Crippen LogP contribution in [0.15, 0.2) is 85.3 Å². The number of amides is 1. The van der Waals surface area contributed by atoms with E-state index in [1.807, 2.05) is 65.7 Å². The summed E-state index contributed by atoms with van der Waals surface area (Å²) in [7, 11) is 0. The van der Waals surface area contributed by atoms with Crippen LogP contribution in [0.25, 0.3) is 0 Å². The number of carbonyl (C=O) groups is 1. The maximum atomic E-state index is 13.1. The van der Waals surface area contributed by atoms with Gasteiger partial charge in [0.2, 0.25) is 5.91 Å². The minimum absolute atomic E-state index is 0.124. The molecule has 0 aliphatic carbocycles. The zero-order chi connectivity index (χ0) is 25.1. The van der Waals surface area contributed by atoms with E-state index in [4.69, 9.17) is 12.2 Å². The van der Waals surface area contributed by atoms with E-state index in [1.54, 1.807) is 12.4 Å². The van der Waals surface area contributed by atoms with Crippen LogP contribution in [0.3, 0.4) is 0 Å². The number of aromatic nitrogens is 3. The van der Waals surface area contributed by atoms with Gasteiger partial charge in [0.05, 0.1) is 17.8 Å². The third-order valence-corrected chi connectivity index (χ3v) is 6.92. The van der Waals surface area contributed by atoms with E-state index in [1.165, 1.54) is 0 Å². The summed E-state index contributed by atoms with van der Waals surface area (Å²) >= 11 is 5.76. The Kier molecular flexibility index (Phi) is 6.77. The van der Waals surface area contributed by atoms with Crippen molar-refractivity contribution in [2.24, 2.45) is 0 Å². The maximum Gasteiger partial charge on any atom is 0.244 e. The lowest BCUT2D eigenvalue weighted by Gasteiger charge is -2.27. The molecular weight excluding hydrogens is 468 g/mol. The summed E-state index contributed by atoms with van der Waals surface area (Å²) in [5.74, 6) is -0.124. The van der Waals surface area contributed by atoms with E-state index < -0.39 is 0 Å². The first-order valence-corrected chi connectivity index (χ1v) is 12.3. The van der Waals surface area contributed by atoms with Crippen LogP contribution in [0.4, 0.5) is 5.69 Å². The second kappa shape index (κ2) is 10.3. The Labute approximate surface area is 216 Å². The normalized spacial score (nSPS) is 17.2. The van der Waals surface area contributed by atoms with Crippen molar-refractivity contribution in [3.8, 4) is 0 Å². The minimum atomic E-state index is -0.192. The zero-order valence-corrected chi connectivity index (χ0v) is 21.1. The first kappa shape index (κ1) is 23.7. The summed E-state index contributed by atoms with van der Waals surface area (Å²) in [6.45, 7) is 5.08. The number of thiocarbonyl (C=S) groups is 1. The number of rotatable bonds is 7. The van der Waals surface area contributed by atoms with Gasteiger partial charge in [-0.25, -0.2) is 0 Å². The predicted octanol–water partition coefficient (Wildman–Crippen LogP) is 4.55. The quantitative estimate of drug-likeness (QED) is 0.366. The van der Waals surface area contributed by atoms with Crippen LogP contribution in [0.2, 0.25) is 0 Å². The van der Waals surface area contributed by atoms with E-state index >= 15 is 0 Å². The van der Waals surface area contributed by atoms with Crippen molar-refractivity contribution in [1.29, 1.82) is 0 Å². The lowest BCUT2D eigenvalue weighted by atomic mass is 9.96. The van der Waals surface area contributed by atoms with Crippen LogP contribution in [-0.4, -0.2) is 37.0 Å². The smallest absolute Gasteiger partial charge is 0.244 e. The molecule has 36 heavy (non-hydrogen) atoms. The van der Waals surface area contributed by atoms with Gasteiger partial charge in [0.1, 0.15) is 6.54 Å². The zero-order valence-electron chi connectivity index (χ0n) is 20.3. The Morgan fingerprint density at radius 1 is 1.06 bits per heavy atom. The molecule has 1 amide bonds. The standard InChI is InChI=1S/C28H28N6OS/c1-19-15-23(20(2)33(19)17-21-9-8-13-29-16-21)27-26(24-12-6-7-14-30-24)32-28(36)34(27)18-25(35)31-22-10-4-3-5-11-22/h3-16,26-27H,17-18H2,1-2H3,(H,31,35)(H,32,36)/t26-,27-/m0/s1. The minimum Gasteiger partial charge on any atom is -0.352 e. The van der Waals surface area contributed by atoms with E-state index in [9.17, 15) is 4.79 Å². The largest absolute Gasteiger partial charge is 0.352 e. The summed E-state index contributed by atoms with van der Waals surface area (Å²) in [6, 6.07) is 21.2. The monoisotopic (exact) mass is 496 g/mol. The topological polar surface area (TPSA) is 75.1 Å². The molecule has 182 valence electrons. The Balaban J connectivity index is 1.49. The summed E-state index contributed by atoms with van der Waals surface area (Å²) in [4.78, 5) is 23.9. The van der Waals surface area contributed by atoms with Gasteiger partial charge in [0.15, 0.2) is 5.11 Å². The molecule has 1 aromatic carbocycles. The highest BCUT2D eigenvalue weighted by Crippen LogP contribution is 2.40. The molecule has 3 aromatic heterocycles. The summed E-state index contributed by atoms with van der Waals surface area (Å²) in [6.07, 6.45) is 5.46. The summed E-state index contributed by atoms with van der Waals surface area (Å²) in [5, 5.41) is 6.96. The van der Waals surface area contributed by atoms with Gasteiger partial charge >= 0.3 is 0 Å². The molecule has 1 aliphatic rings. The maximum absolute atomic E-state index is 13.1. The summed E-state index contributed by atoms with van der Waals surface area (Å²) < 4.78 is 2.28. The molecule has 4 heterocycles. The molecule has 1 fully saturated rings. The SMILES string of the molecule is Cc1cc([C@H]2[C@H](c3ccccn3)NC(=S)N2CC(=O)Nc2ccccc2)c(C)n1Cc1cccnc1. The second-order valence-electron chi connectivity index (χ2n) is 8.94. The van der Waals surface area contributed by atoms with Crippen LogP contribution < -0.4 is 10.6 Å². The molecule has 0 unspecified atom stereocenters. The number of hydrogen-bond acceptors (Lipinski definition) is 4. The van der Waals surface area contributed by atoms with Crippen LogP contribution in [0.5, 0.6) is 0 Å². The first-order valence-electron chi connectivity index (χ1n) is 11.9. The van der Waals surface area contributed by atoms with Crippen molar-refractivity contribution in [2.45, 2.75) is 32.5 Å². The first-order chi connectivity index (χ1) is 17.5. The lowest BCUT2D eigenvalue weighted by molar-refractivity contribution is -0.116. The number of hydrogen-bond donors (Lipinski definition) is 2. The molecular formula is C28H28N6OS. The highest BCUT2D eigenvalue weighted by molar-refractivity contribution is 7.80. The molecule has 7 nitrogen and oxygen atoms in total. The molecule has 0 spiro atoms. The highest BCUT2D eigenvalue weighted by Gasteiger charge is 2.42. The average molecular weight is 497 g/mol. The van der Waals surface area contributed by atoms with Crippen molar-refractivity contribution in [3.05, 3.63) is 114 Å². The van der Waals surface area contributed by atoms with Gasteiger partial charge in [-0.2, -0.15) is 0 Å². The Morgan fingerprint density at radius 3 is 2.58 bits per heavy atom. The molecule has 5 rings (SSSR count). The average Bonchev–Trinajstić information content (AvgIpc) is 3.36. The van der Waals surface area contributed by atoms with E-state index in [0.717, 1.165) is 40.4 Å². The van der Waals surface area contributed by atoms with E-state index in [2.05, 4.69) is 51.1 Å². The van der Waals surface area contributed by atoms with Crippen molar-refractivity contribution in [1.82, 2.24) is 24.8 Å². The van der Waals surface area contributed by atoms with Crippen LogP contribution >= 0.6 is 12.2 Å². The number of pyridine rings is 2. The Bertz CT molecular complexity index is 1360.